The molecule has 0 saturated carbocycles. The molecule has 2 rings (SSSR count). The molecule has 0 aliphatic carbocycles. The number of carbonyl (C=O) groups excluding carboxylic acids is 1. The molecule has 1 aliphatic rings. The largest absolute Gasteiger partial charge is 0.484 e. The molecule has 2 unspecified atom stereocenters. The fraction of sp³-hybridized carbons (Fsp3) is 0.667. The van der Waals surface area contributed by atoms with Gasteiger partial charge in [0.15, 0.2) is 12.6 Å². The van der Waals surface area contributed by atoms with Crippen LogP contribution in [0.15, 0.2) is 29.3 Å². The molecule has 174 valence electrons. The van der Waals surface area contributed by atoms with Gasteiger partial charge < -0.3 is 25.0 Å². The van der Waals surface area contributed by atoms with Crippen molar-refractivity contribution in [2.75, 3.05) is 40.4 Å². The van der Waals surface area contributed by atoms with Crippen molar-refractivity contribution < 1.29 is 14.3 Å². The molecule has 31 heavy (non-hydrogen) atoms. The third-order valence-electron chi connectivity index (χ3n) is 5.35. The van der Waals surface area contributed by atoms with Gasteiger partial charge >= 0.3 is 0 Å². The maximum absolute atomic E-state index is 11.7. The summed E-state index contributed by atoms with van der Waals surface area (Å²) < 4.78 is 11.7. The van der Waals surface area contributed by atoms with Gasteiger partial charge in [-0.2, -0.15) is 0 Å². The molecule has 1 aliphatic heterocycles. The molecule has 1 saturated heterocycles. The number of amides is 1. The molecule has 0 aromatic heterocycles. The van der Waals surface area contributed by atoms with Crippen molar-refractivity contribution in [3.63, 3.8) is 0 Å². The molecule has 2 N–H and O–H groups in total. The number of hydrogen-bond donors (Lipinski definition) is 2. The molecule has 0 spiro atoms. The Balaban J connectivity index is 1.96. The first-order valence-electron chi connectivity index (χ1n) is 11.3. The van der Waals surface area contributed by atoms with Crippen LogP contribution in [0.1, 0.15) is 46.1 Å². The number of ether oxygens (including phenoxy) is 2. The highest BCUT2D eigenvalue weighted by Gasteiger charge is 2.35. The Hall–Kier alpha value is -2.28. The molecule has 7 heteroatoms. The van der Waals surface area contributed by atoms with E-state index in [1.54, 1.807) is 14.1 Å². The van der Waals surface area contributed by atoms with Crippen molar-refractivity contribution in [3.05, 3.63) is 29.8 Å². The standard InChI is InChI=1S/C24H40N4O3/c1-7-25-23(27-16-19-11-9-13-30-22(19)24(2,3)4)26-15-18-10-8-12-20(14-18)31-17-21(29)28(5)6/h8,10,12,14,19,22H,7,9,11,13,15-17H2,1-6H3,(H2,25,26,27). The van der Waals surface area contributed by atoms with Gasteiger partial charge in [0.2, 0.25) is 0 Å². The lowest BCUT2D eigenvalue weighted by Crippen LogP contribution is -2.47. The van der Waals surface area contributed by atoms with Crippen LogP contribution in [0.5, 0.6) is 5.75 Å². The van der Waals surface area contributed by atoms with Gasteiger partial charge in [-0.3, -0.25) is 4.79 Å². The van der Waals surface area contributed by atoms with E-state index in [1.807, 2.05) is 24.3 Å². The van der Waals surface area contributed by atoms with Gasteiger partial charge in [0, 0.05) is 39.7 Å². The maximum Gasteiger partial charge on any atom is 0.259 e. The molecule has 1 heterocycles. The molecule has 2 atom stereocenters. The second-order valence-corrected chi connectivity index (χ2v) is 9.36. The minimum absolute atomic E-state index is 0.0301. The number of carbonyl (C=O) groups is 1. The zero-order chi connectivity index (χ0) is 22.9. The summed E-state index contributed by atoms with van der Waals surface area (Å²) in [7, 11) is 3.43. The Morgan fingerprint density at radius 3 is 2.74 bits per heavy atom. The molecule has 0 bridgehead atoms. The van der Waals surface area contributed by atoms with Crippen molar-refractivity contribution in [1.82, 2.24) is 15.5 Å². The minimum Gasteiger partial charge on any atom is -0.484 e. The van der Waals surface area contributed by atoms with E-state index in [2.05, 4.69) is 38.3 Å². The topological polar surface area (TPSA) is 75.2 Å². The summed E-state index contributed by atoms with van der Waals surface area (Å²) in [5.74, 6) is 1.87. The Morgan fingerprint density at radius 1 is 1.29 bits per heavy atom. The van der Waals surface area contributed by atoms with Crippen LogP contribution in [0, 0.1) is 11.3 Å². The number of hydrogen-bond acceptors (Lipinski definition) is 4. The number of benzene rings is 1. The second-order valence-electron chi connectivity index (χ2n) is 9.36. The molecule has 0 radical (unpaired) electrons. The van der Waals surface area contributed by atoms with Crippen LogP contribution < -0.4 is 15.4 Å². The summed E-state index contributed by atoms with van der Waals surface area (Å²) in [6.07, 6.45) is 2.52. The number of aliphatic imine (C=N–C) groups is 1. The fourth-order valence-electron chi connectivity index (χ4n) is 3.76. The normalized spacial score (nSPS) is 19.6. The average molecular weight is 433 g/mol. The van der Waals surface area contributed by atoms with Crippen LogP contribution >= 0.6 is 0 Å². The molecular formula is C24H40N4O3. The lowest BCUT2D eigenvalue weighted by atomic mass is 9.78. The van der Waals surface area contributed by atoms with E-state index < -0.39 is 0 Å². The predicted octanol–water partition coefficient (Wildman–Crippen LogP) is 3.05. The number of nitrogens with one attached hydrogen (secondary N) is 2. The first kappa shape index (κ1) is 25.0. The monoisotopic (exact) mass is 432 g/mol. The first-order chi connectivity index (χ1) is 14.7. The number of nitrogens with zero attached hydrogens (tertiary/aromatic N) is 2. The summed E-state index contributed by atoms with van der Waals surface area (Å²) in [6, 6.07) is 7.72. The lowest BCUT2D eigenvalue weighted by Gasteiger charge is -2.40. The van der Waals surface area contributed by atoms with E-state index in [0.717, 1.165) is 37.6 Å². The van der Waals surface area contributed by atoms with Gasteiger partial charge in [0.25, 0.3) is 5.91 Å². The van der Waals surface area contributed by atoms with Crippen LogP contribution in [-0.4, -0.2) is 63.3 Å². The van der Waals surface area contributed by atoms with Crippen LogP contribution in [0.3, 0.4) is 0 Å². The Morgan fingerprint density at radius 2 is 2.06 bits per heavy atom. The number of guanidine groups is 1. The highest BCUT2D eigenvalue weighted by atomic mass is 16.5. The van der Waals surface area contributed by atoms with Gasteiger partial charge in [-0.15, -0.1) is 0 Å². The highest BCUT2D eigenvalue weighted by molar-refractivity contribution is 5.79. The lowest BCUT2D eigenvalue weighted by molar-refractivity contribution is -0.130. The summed E-state index contributed by atoms with van der Waals surface area (Å²) in [5.41, 5.74) is 1.15. The van der Waals surface area contributed by atoms with Crippen molar-refractivity contribution >= 4 is 11.9 Å². The summed E-state index contributed by atoms with van der Waals surface area (Å²) >= 11 is 0. The Bertz CT molecular complexity index is 728. The predicted molar refractivity (Wildman–Crippen MR) is 125 cm³/mol. The molecular weight excluding hydrogens is 392 g/mol. The molecule has 1 aromatic carbocycles. The summed E-state index contributed by atoms with van der Waals surface area (Å²) in [4.78, 5) is 18.0. The highest BCUT2D eigenvalue weighted by Crippen LogP contribution is 2.33. The minimum atomic E-state index is -0.0673. The van der Waals surface area contributed by atoms with Crippen molar-refractivity contribution in [2.45, 2.75) is 53.2 Å². The van der Waals surface area contributed by atoms with Gasteiger partial charge in [-0.25, -0.2) is 4.99 Å². The SMILES string of the molecule is CCNC(=NCc1cccc(OCC(=O)N(C)C)c1)NCC1CCCOC1C(C)(C)C. The smallest absolute Gasteiger partial charge is 0.259 e. The summed E-state index contributed by atoms with van der Waals surface area (Å²) in [6.45, 7) is 11.8. The molecule has 1 aromatic rings. The zero-order valence-corrected chi connectivity index (χ0v) is 20.0. The van der Waals surface area contributed by atoms with E-state index >= 15 is 0 Å². The second kappa shape index (κ2) is 11.9. The van der Waals surface area contributed by atoms with E-state index in [9.17, 15) is 4.79 Å². The van der Waals surface area contributed by atoms with E-state index in [-0.39, 0.29) is 24.0 Å². The fourth-order valence-corrected chi connectivity index (χ4v) is 3.76. The van der Waals surface area contributed by atoms with E-state index in [0.29, 0.717) is 18.2 Å². The Kier molecular flexibility index (Phi) is 9.62. The van der Waals surface area contributed by atoms with Gasteiger partial charge in [0.05, 0.1) is 12.6 Å². The maximum atomic E-state index is 11.7. The van der Waals surface area contributed by atoms with Crippen LogP contribution in [0.25, 0.3) is 0 Å². The van der Waals surface area contributed by atoms with E-state index in [4.69, 9.17) is 14.5 Å². The van der Waals surface area contributed by atoms with Crippen molar-refractivity contribution in [1.29, 1.82) is 0 Å². The van der Waals surface area contributed by atoms with Gasteiger partial charge in [-0.1, -0.05) is 32.9 Å². The van der Waals surface area contributed by atoms with Crippen molar-refractivity contribution in [3.8, 4) is 5.75 Å². The van der Waals surface area contributed by atoms with Crippen LogP contribution in [0.4, 0.5) is 0 Å². The first-order valence-corrected chi connectivity index (χ1v) is 11.3. The average Bonchev–Trinajstić information content (AvgIpc) is 2.73. The van der Waals surface area contributed by atoms with Gasteiger partial charge in [0.1, 0.15) is 5.75 Å². The Labute approximate surface area is 187 Å². The zero-order valence-electron chi connectivity index (χ0n) is 20.0. The molecule has 7 nitrogen and oxygen atoms in total. The van der Waals surface area contributed by atoms with Gasteiger partial charge in [-0.05, 0) is 42.9 Å². The van der Waals surface area contributed by atoms with Crippen LogP contribution in [-0.2, 0) is 16.1 Å². The number of likely N-dealkylation sites (N-methyl/N-ethyl adjacent to an activating group) is 1. The third kappa shape index (κ3) is 8.40. The third-order valence-corrected chi connectivity index (χ3v) is 5.35. The molecule has 1 fully saturated rings. The van der Waals surface area contributed by atoms with Crippen molar-refractivity contribution in [2.24, 2.45) is 16.3 Å². The quantitative estimate of drug-likeness (QED) is 0.488. The molecule has 1 amide bonds. The van der Waals surface area contributed by atoms with E-state index in [1.165, 1.54) is 11.3 Å². The van der Waals surface area contributed by atoms with Crippen LogP contribution in [0.2, 0.25) is 0 Å². The summed E-state index contributed by atoms with van der Waals surface area (Å²) in [5, 5.41) is 6.84. The number of rotatable bonds is 8.